The molecule has 21 heavy (non-hydrogen) atoms. The number of ether oxygens (including phenoxy) is 1. The van der Waals surface area contributed by atoms with Gasteiger partial charge in [-0.05, 0) is 18.2 Å². The van der Waals surface area contributed by atoms with E-state index in [0.29, 0.717) is 30.1 Å². The second-order valence-electron chi connectivity index (χ2n) is 4.94. The van der Waals surface area contributed by atoms with Crippen molar-refractivity contribution in [3.63, 3.8) is 0 Å². The van der Waals surface area contributed by atoms with E-state index in [4.69, 9.17) is 9.15 Å². The molecular weight excluding hydrogens is 288 g/mol. The van der Waals surface area contributed by atoms with Crippen LogP contribution in [-0.4, -0.2) is 54.1 Å². The molecule has 0 aliphatic carbocycles. The van der Waals surface area contributed by atoms with Gasteiger partial charge in [0.05, 0.1) is 6.61 Å². The maximum Gasteiger partial charge on any atom is 0.254 e. The fourth-order valence-corrected chi connectivity index (χ4v) is 3.25. The van der Waals surface area contributed by atoms with Gasteiger partial charge in [-0.3, -0.25) is 4.79 Å². The average molecular weight is 306 g/mol. The second kappa shape index (κ2) is 6.49. The van der Waals surface area contributed by atoms with Crippen LogP contribution in [0.2, 0.25) is 0 Å². The van der Waals surface area contributed by atoms with Crippen LogP contribution in [-0.2, 0) is 11.2 Å². The number of hydrogen-bond donors (Lipinski definition) is 0. The molecule has 2 aromatic rings. The summed E-state index contributed by atoms with van der Waals surface area (Å²) in [6.07, 6.45) is 0.637. The van der Waals surface area contributed by atoms with Gasteiger partial charge in [-0.1, -0.05) is 0 Å². The number of nitrogens with zero attached hydrogens (tertiary/aromatic N) is 2. The van der Waals surface area contributed by atoms with Gasteiger partial charge in [-0.25, -0.2) is 4.98 Å². The molecule has 0 bridgehead atoms. The van der Waals surface area contributed by atoms with E-state index in [9.17, 15) is 4.79 Å². The monoisotopic (exact) mass is 306 g/mol. The number of rotatable bonds is 4. The van der Waals surface area contributed by atoms with Crippen LogP contribution in [0.25, 0.3) is 11.1 Å². The van der Waals surface area contributed by atoms with Crippen molar-refractivity contribution >= 4 is 28.8 Å². The number of hydrogen-bond acceptors (Lipinski definition) is 5. The molecule has 3 rings (SSSR count). The topological polar surface area (TPSA) is 55.6 Å². The predicted molar refractivity (Wildman–Crippen MR) is 82.8 cm³/mol. The fourth-order valence-electron chi connectivity index (χ4n) is 2.35. The molecule has 0 N–H and O–H groups in total. The molecular formula is C15H18N2O3S. The van der Waals surface area contributed by atoms with Gasteiger partial charge in [-0.15, -0.1) is 0 Å². The van der Waals surface area contributed by atoms with Crippen LogP contribution in [0.1, 0.15) is 16.2 Å². The first kappa shape index (κ1) is 14.4. The summed E-state index contributed by atoms with van der Waals surface area (Å²) >= 11 is 1.89. The van der Waals surface area contributed by atoms with Crippen molar-refractivity contribution in [1.82, 2.24) is 9.88 Å². The zero-order valence-electron chi connectivity index (χ0n) is 12.0. The van der Waals surface area contributed by atoms with E-state index in [1.807, 2.05) is 28.8 Å². The number of carbonyl (C=O) groups excluding carboxylic acids is 1. The highest BCUT2D eigenvalue weighted by Crippen LogP contribution is 2.20. The number of thioether (sulfide) groups is 1. The van der Waals surface area contributed by atoms with Gasteiger partial charge < -0.3 is 14.1 Å². The highest BCUT2D eigenvalue weighted by molar-refractivity contribution is 7.99. The molecule has 0 atom stereocenters. The number of carbonyl (C=O) groups is 1. The molecule has 2 heterocycles. The number of methoxy groups -OCH3 is 1. The standard InChI is InChI=1S/C15H18N2O3S/c1-19-7-4-14-16-12-3-2-11(10-13(12)20-14)15(18)17-5-8-21-9-6-17/h2-3,10H,4-9H2,1H3. The summed E-state index contributed by atoms with van der Waals surface area (Å²) in [5.41, 5.74) is 2.12. The highest BCUT2D eigenvalue weighted by Gasteiger charge is 2.19. The van der Waals surface area contributed by atoms with E-state index >= 15 is 0 Å². The Morgan fingerprint density at radius 2 is 2.24 bits per heavy atom. The van der Waals surface area contributed by atoms with Crippen LogP contribution in [0.15, 0.2) is 22.6 Å². The largest absolute Gasteiger partial charge is 0.441 e. The molecule has 6 heteroatoms. The molecule has 1 saturated heterocycles. The molecule has 0 radical (unpaired) electrons. The summed E-state index contributed by atoms with van der Waals surface area (Å²) in [6, 6.07) is 5.47. The van der Waals surface area contributed by atoms with Crippen molar-refractivity contribution < 1.29 is 13.9 Å². The predicted octanol–water partition coefficient (Wildman–Crippen LogP) is 2.21. The third-order valence-corrected chi connectivity index (χ3v) is 4.44. The van der Waals surface area contributed by atoms with Gasteiger partial charge in [0.2, 0.25) is 0 Å². The smallest absolute Gasteiger partial charge is 0.254 e. The summed E-state index contributed by atoms with van der Waals surface area (Å²) < 4.78 is 10.7. The first-order valence-corrected chi connectivity index (χ1v) is 8.19. The van der Waals surface area contributed by atoms with Gasteiger partial charge in [0.25, 0.3) is 5.91 Å². The van der Waals surface area contributed by atoms with Crippen molar-refractivity contribution in [2.75, 3.05) is 38.3 Å². The summed E-state index contributed by atoms with van der Waals surface area (Å²) in [5, 5.41) is 0. The van der Waals surface area contributed by atoms with Crippen molar-refractivity contribution in [2.24, 2.45) is 0 Å². The van der Waals surface area contributed by atoms with Crippen molar-refractivity contribution in [2.45, 2.75) is 6.42 Å². The van der Waals surface area contributed by atoms with E-state index in [1.165, 1.54) is 0 Å². The SMILES string of the molecule is COCCc1nc2ccc(C(=O)N3CCSCC3)cc2o1. The molecule has 1 amide bonds. The molecule has 112 valence electrons. The quantitative estimate of drug-likeness (QED) is 0.867. The Hall–Kier alpha value is -1.53. The second-order valence-corrected chi connectivity index (χ2v) is 6.16. The van der Waals surface area contributed by atoms with E-state index in [-0.39, 0.29) is 5.91 Å². The Kier molecular flexibility index (Phi) is 4.45. The number of amides is 1. The lowest BCUT2D eigenvalue weighted by molar-refractivity contribution is 0.0772. The first-order chi connectivity index (χ1) is 10.3. The molecule has 0 saturated carbocycles. The lowest BCUT2D eigenvalue weighted by Crippen LogP contribution is -2.37. The van der Waals surface area contributed by atoms with Gasteiger partial charge in [-0.2, -0.15) is 11.8 Å². The third kappa shape index (κ3) is 3.22. The van der Waals surface area contributed by atoms with Crippen LogP contribution in [0, 0.1) is 0 Å². The molecule has 1 aromatic heterocycles. The minimum atomic E-state index is 0.0760. The highest BCUT2D eigenvalue weighted by atomic mass is 32.2. The van der Waals surface area contributed by atoms with Crippen LogP contribution in [0.4, 0.5) is 0 Å². The van der Waals surface area contributed by atoms with Crippen molar-refractivity contribution in [3.8, 4) is 0 Å². The lowest BCUT2D eigenvalue weighted by atomic mass is 10.2. The number of benzene rings is 1. The average Bonchev–Trinajstić information content (AvgIpc) is 2.95. The van der Waals surface area contributed by atoms with Crippen molar-refractivity contribution in [1.29, 1.82) is 0 Å². The molecule has 1 aliphatic rings. The van der Waals surface area contributed by atoms with E-state index in [2.05, 4.69) is 4.98 Å². The Balaban J connectivity index is 1.81. The normalized spacial score (nSPS) is 15.6. The minimum Gasteiger partial charge on any atom is -0.441 e. The third-order valence-electron chi connectivity index (χ3n) is 3.50. The molecule has 0 unspecified atom stereocenters. The number of fused-ring (bicyclic) bond motifs is 1. The molecule has 1 aliphatic heterocycles. The first-order valence-electron chi connectivity index (χ1n) is 7.03. The van der Waals surface area contributed by atoms with Gasteiger partial charge in [0.15, 0.2) is 11.5 Å². The van der Waals surface area contributed by atoms with Gasteiger partial charge in [0.1, 0.15) is 5.52 Å². The summed E-state index contributed by atoms with van der Waals surface area (Å²) in [4.78, 5) is 18.7. The summed E-state index contributed by atoms with van der Waals surface area (Å²) in [5.74, 6) is 2.74. The number of oxazole rings is 1. The van der Waals surface area contributed by atoms with E-state index in [1.54, 1.807) is 13.2 Å². The van der Waals surface area contributed by atoms with E-state index in [0.717, 1.165) is 30.1 Å². The fraction of sp³-hybridized carbons (Fsp3) is 0.467. The van der Waals surface area contributed by atoms with Crippen molar-refractivity contribution in [3.05, 3.63) is 29.7 Å². The molecule has 1 fully saturated rings. The van der Waals surface area contributed by atoms with Gasteiger partial charge in [0, 0.05) is 43.7 Å². The van der Waals surface area contributed by atoms with E-state index < -0.39 is 0 Å². The maximum atomic E-state index is 12.5. The van der Waals surface area contributed by atoms with Crippen LogP contribution >= 0.6 is 11.8 Å². The Morgan fingerprint density at radius 3 is 3.00 bits per heavy atom. The molecule has 5 nitrogen and oxygen atoms in total. The Bertz CT molecular complexity index is 635. The lowest BCUT2D eigenvalue weighted by Gasteiger charge is -2.26. The molecule has 1 aromatic carbocycles. The Morgan fingerprint density at radius 1 is 1.43 bits per heavy atom. The zero-order chi connectivity index (χ0) is 14.7. The number of aromatic nitrogens is 1. The van der Waals surface area contributed by atoms with Crippen LogP contribution in [0.5, 0.6) is 0 Å². The summed E-state index contributed by atoms with van der Waals surface area (Å²) in [7, 11) is 1.65. The summed E-state index contributed by atoms with van der Waals surface area (Å²) in [6.45, 7) is 2.21. The van der Waals surface area contributed by atoms with Crippen LogP contribution in [0.3, 0.4) is 0 Å². The maximum absolute atomic E-state index is 12.5. The minimum absolute atomic E-state index is 0.0760. The molecule has 0 spiro atoms. The zero-order valence-corrected chi connectivity index (χ0v) is 12.8. The van der Waals surface area contributed by atoms with Gasteiger partial charge >= 0.3 is 0 Å². The Labute approximate surface area is 127 Å². The van der Waals surface area contributed by atoms with Crippen LogP contribution < -0.4 is 0 Å².